The molecule has 2 heterocycles. The van der Waals surface area contributed by atoms with Gasteiger partial charge in [-0.05, 0) is 50.2 Å². The molecule has 2 aromatic heterocycles. The normalized spacial score (nSPS) is 11.1. The lowest BCUT2D eigenvalue weighted by Gasteiger charge is -2.10. The molecule has 2 aromatic carbocycles. The van der Waals surface area contributed by atoms with E-state index in [9.17, 15) is 4.39 Å². The van der Waals surface area contributed by atoms with Crippen molar-refractivity contribution in [3.63, 3.8) is 0 Å². The van der Waals surface area contributed by atoms with Crippen LogP contribution in [0.4, 0.5) is 15.9 Å². The summed E-state index contributed by atoms with van der Waals surface area (Å²) in [6, 6.07) is 14.3. The summed E-state index contributed by atoms with van der Waals surface area (Å²) in [5.41, 5.74) is 5.29. The molecular weight excluding hydrogens is 329 g/mol. The second kappa shape index (κ2) is 6.22. The molecule has 0 fully saturated rings. The van der Waals surface area contributed by atoms with Crippen LogP contribution in [0, 0.1) is 19.7 Å². The van der Waals surface area contributed by atoms with Crippen LogP contribution in [-0.2, 0) is 7.05 Å². The zero-order valence-corrected chi connectivity index (χ0v) is 14.8. The van der Waals surface area contributed by atoms with Crippen molar-refractivity contribution >= 4 is 22.5 Å². The Hall–Kier alpha value is -3.28. The van der Waals surface area contributed by atoms with E-state index < -0.39 is 0 Å². The molecule has 0 aliphatic rings. The highest BCUT2D eigenvalue weighted by Gasteiger charge is 2.16. The molecule has 0 amide bonds. The second-order valence-corrected chi connectivity index (χ2v) is 6.30. The lowest BCUT2D eigenvalue weighted by molar-refractivity contribution is 0.628. The summed E-state index contributed by atoms with van der Waals surface area (Å²) in [7, 11) is 1.87. The lowest BCUT2D eigenvalue weighted by atomic mass is 10.2. The average molecular weight is 347 g/mol. The smallest absolute Gasteiger partial charge is 0.162 e. The van der Waals surface area contributed by atoms with Crippen molar-refractivity contribution in [2.45, 2.75) is 13.8 Å². The lowest BCUT2D eigenvalue weighted by Crippen LogP contribution is -2.02. The molecule has 4 rings (SSSR count). The summed E-state index contributed by atoms with van der Waals surface area (Å²) in [6.07, 6.45) is 0. The largest absolute Gasteiger partial charge is 0.338 e. The van der Waals surface area contributed by atoms with E-state index in [1.165, 1.54) is 17.7 Å². The molecule has 26 heavy (non-hydrogen) atoms. The molecule has 0 saturated heterocycles. The molecule has 0 unspecified atom stereocenters. The maximum Gasteiger partial charge on any atom is 0.162 e. The van der Waals surface area contributed by atoms with Gasteiger partial charge in [0, 0.05) is 18.3 Å². The SMILES string of the molecule is Cc1ccc(Nc2nc(-c3ccc(F)cc3)nc3c(C)nn(C)c23)cc1. The monoisotopic (exact) mass is 347 g/mol. The first kappa shape index (κ1) is 16.2. The van der Waals surface area contributed by atoms with Crippen molar-refractivity contribution in [3.05, 3.63) is 65.6 Å². The number of fused-ring (bicyclic) bond motifs is 1. The Morgan fingerprint density at radius 2 is 1.62 bits per heavy atom. The van der Waals surface area contributed by atoms with Crippen LogP contribution in [-0.4, -0.2) is 19.7 Å². The molecular formula is C20H18FN5. The van der Waals surface area contributed by atoms with Crippen molar-refractivity contribution in [2.24, 2.45) is 7.05 Å². The summed E-state index contributed by atoms with van der Waals surface area (Å²) >= 11 is 0. The van der Waals surface area contributed by atoms with E-state index in [0.717, 1.165) is 28.0 Å². The molecule has 0 atom stereocenters. The first-order chi connectivity index (χ1) is 12.5. The summed E-state index contributed by atoms with van der Waals surface area (Å²) in [6.45, 7) is 3.96. The van der Waals surface area contributed by atoms with E-state index in [2.05, 4.69) is 20.4 Å². The maximum absolute atomic E-state index is 13.3. The van der Waals surface area contributed by atoms with Crippen LogP contribution in [0.15, 0.2) is 48.5 Å². The highest BCUT2D eigenvalue weighted by Crippen LogP contribution is 2.28. The molecule has 0 radical (unpaired) electrons. The Morgan fingerprint density at radius 3 is 2.31 bits per heavy atom. The maximum atomic E-state index is 13.3. The van der Waals surface area contributed by atoms with Crippen molar-refractivity contribution < 1.29 is 4.39 Å². The van der Waals surface area contributed by atoms with Crippen molar-refractivity contribution in [3.8, 4) is 11.4 Å². The average Bonchev–Trinajstić information content (AvgIpc) is 2.92. The van der Waals surface area contributed by atoms with Crippen LogP contribution in [0.25, 0.3) is 22.4 Å². The predicted octanol–water partition coefficient (Wildman–Crippen LogP) is 4.53. The highest BCUT2D eigenvalue weighted by molar-refractivity contribution is 5.91. The van der Waals surface area contributed by atoms with Crippen LogP contribution in [0.1, 0.15) is 11.3 Å². The molecule has 0 bridgehead atoms. The number of hydrogen-bond acceptors (Lipinski definition) is 4. The van der Waals surface area contributed by atoms with Gasteiger partial charge in [-0.2, -0.15) is 5.10 Å². The van der Waals surface area contributed by atoms with Gasteiger partial charge in [0.1, 0.15) is 16.9 Å². The van der Waals surface area contributed by atoms with Crippen LogP contribution in [0.3, 0.4) is 0 Å². The second-order valence-electron chi connectivity index (χ2n) is 6.30. The quantitative estimate of drug-likeness (QED) is 0.591. The van der Waals surface area contributed by atoms with E-state index >= 15 is 0 Å². The van der Waals surface area contributed by atoms with Gasteiger partial charge in [-0.1, -0.05) is 17.7 Å². The predicted molar refractivity (Wildman–Crippen MR) is 101 cm³/mol. The van der Waals surface area contributed by atoms with Crippen LogP contribution < -0.4 is 5.32 Å². The molecule has 0 aliphatic carbocycles. The fourth-order valence-corrected chi connectivity index (χ4v) is 2.92. The molecule has 0 aliphatic heterocycles. The third-order valence-corrected chi connectivity index (χ3v) is 4.27. The standard InChI is InChI=1S/C20H18FN5/c1-12-4-10-16(11-5-12)22-20-18-17(13(2)25-26(18)3)23-19(24-20)14-6-8-15(21)9-7-14/h4-11H,1-3H3,(H,22,23,24). The van der Waals surface area contributed by atoms with Gasteiger partial charge in [-0.25, -0.2) is 14.4 Å². The number of nitrogens with zero attached hydrogens (tertiary/aromatic N) is 4. The van der Waals surface area contributed by atoms with Crippen molar-refractivity contribution in [2.75, 3.05) is 5.32 Å². The minimum absolute atomic E-state index is 0.287. The van der Waals surface area contributed by atoms with E-state index in [1.807, 2.05) is 45.2 Å². The van der Waals surface area contributed by atoms with Gasteiger partial charge in [0.05, 0.1) is 5.69 Å². The summed E-state index contributed by atoms with van der Waals surface area (Å²) in [5.74, 6) is 0.912. The zero-order valence-electron chi connectivity index (χ0n) is 14.8. The number of nitrogens with one attached hydrogen (secondary N) is 1. The minimum atomic E-state index is -0.287. The number of halogens is 1. The fraction of sp³-hybridized carbons (Fsp3) is 0.150. The van der Waals surface area contributed by atoms with Gasteiger partial charge in [0.15, 0.2) is 11.6 Å². The number of hydrogen-bond donors (Lipinski definition) is 1. The molecule has 0 saturated carbocycles. The Balaban J connectivity index is 1.88. The summed E-state index contributed by atoms with van der Waals surface area (Å²) in [4.78, 5) is 9.34. The first-order valence-corrected chi connectivity index (χ1v) is 8.32. The number of benzene rings is 2. The van der Waals surface area contributed by atoms with Crippen LogP contribution in [0.2, 0.25) is 0 Å². The van der Waals surface area contributed by atoms with Gasteiger partial charge < -0.3 is 5.32 Å². The summed E-state index contributed by atoms with van der Waals surface area (Å²) in [5, 5.41) is 7.83. The molecule has 4 aromatic rings. The van der Waals surface area contributed by atoms with E-state index in [1.54, 1.807) is 16.8 Å². The number of aromatic nitrogens is 4. The zero-order chi connectivity index (χ0) is 18.3. The Labute approximate surface area is 150 Å². The van der Waals surface area contributed by atoms with E-state index in [-0.39, 0.29) is 5.82 Å². The van der Waals surface area contributed by atoms with E-state index in [4.69, 9.17) is 0 Å². The van der Waals surface area contributed by atoms with Gasteiger partial charge in [0.25, 0.3) is 0 Å². The molecule has 5 nitrogen and oxygen atoms in total. The molecule has 0 spiro atoms. The van der Waals surface area contributed by atoms with Gasteiger partial charge >= 0.3 is 0 Å². The summed E-state index contributed by atoms with van der Waals surface area (Å²) < 4.78 is 15.0. The van der Waals surface area contributed by atoms with Crippen molar-refractivity contribution in [1.82, 2.24) is 19.7 Å². The number of anilines is 2. The highest BCUT2D eigenvalue weighted by atomic mass is 19.1. The number of aryl methyl sites for hydroxylation is 3. The molecule has 130 valence electrons. The Morgan fingerprint density at radius 1 is 0.923 bits per heavy atom. The van der Waals surface area contributed by atoms with Gasteiger partial charge in [0.2, 0.25) is 0 Å². The first-order valence-electron chi connectivity index (χ1n) is 8.32. The minimum Gasteiger partial charge on any atom is -0.338 e. The molecule has 6 heteroatoms. The third-order valence-electron chi connectivity index (χ3n) is 4.27. The van der Waals surface area contributed by atoms with Crippen LogP contribution in [0.5, 0.6) is 0 Å². The fourth-order valence-electron chi connectivity index (χ4n) is 2.92. The Kier molecular flexibility index (Phi) is 3.88. The van der Waals surface area contributed by atoms with Crippen molar-refractivity contribution in [1.29, 1.82) is 0 Å². The van der Waals surface area contributed by atoms with Gasteiger partial charge in [-0.3, -0.25) is 4.68 Å². The third kappa shape index (κ3) is 2.90. The number of rotatable bonds is 3. The molecule has 1 N–H and O–H groups in total. The van der Waals surface area contributed by atoms with E-state index in [0.29, 0.717) is 11.6 Å². The van der Waals surface area contributed by atoms with Crippen LogP contribution >= 0.6 is 0 Å². The van der Waals surface area contributed by atoms with Gasteiger partial charge in [-0.15, -0.1) is 0 Å². The Bertz CT molecular complexity index is 1080. The topological polar surface area (TPSA) is 55.6 Å².